The molecule has 5 nitrogen and oxygen atoms in total. The van der Waals surface area contributed by atoms with Gasteiger partial charge in [0.25, 0.3) is 0 Å². The van der Waals surface area contributed by atoms with Crippen LogP contribution in [0.25, 0.3) is 0 Å². The Morgan fingerprint density at radius 1 is 1.21 bits per heavy atom. The zero-order chi connectivity index (χ0) is 14.3. The Hall–Kier alpha value is -1.20. The number of aromatic nitrogens is 2. The highest BCUT2D eigenvalue weighted by Gasteiger charge is 2.13. The lowest BCUT2D eigenvalue weighted by molar-refractivity contribution is 0.140. The van der Waals surface area contributed by atoms with Gasteiger partial charge in [0.15, 0.2) is 0 Å². The highest BCUT2D eigenvalue weighted by molar-refractivity contribution is 5.08. The van der Waals surface area contributed by atoms with Crippen molar-refractivity contribution in [2.45, 2.75) is 46.3 Å². The van der Waals surface area contributed by atoms with Gasteiger partial charge in [-0.1, -0.05) is 0 Å². The molecule has 0 aliphatic heterocycles. The average molecular weight is 266 g/mol. The third-order valence-electron chi connectivity index (χ3n) is 2.95. The smallest absolute Gasteiger partial charge is 0.232 e. The molecule has 0 aliphatic carbocycles. The molecule has 108 valence electrons. The maximum absolute atomic E-state index is 5.68. The summed E-state index contributed by atoms with van der Waals surface area (Å²) in [6.45, 7) is 11.0. The Morgan fingerprint density at radius 2 is 1.89 bits per heavy atom. The second kappa shape index (κ2) is 8.07. The lowest BCUT2D eigenvalue weighted by Gasteiger charge is -2.30. The van der Waals surface area contributed by atoms with Crippen molar-refractivity contribution < 1.29 is 4.74 Å². The van der Waals surface area contributed by atoms with Crippen molar-refractivity contribution in [3.05, 3.63) is 18.1 Å². The molecule has 1 heterocycles. The molecule has 0 aromatic carbocycles. The predicted molar refractivity (Wildman–Crippen MR) is 77.3 cm³/mol. The minimum Gasteiger partial charge on any atom is -0.475 e. The third-order valence-corrected chi connectivity index (χ3v) is 2.95. The molecule has 19 heavy (non-hydrogen) atoms. The second-order valence-corrected chi connectivity index (χ2v) is 5.15. The summed E-state index contributed by atoms with van der Waals surface area (Å²) in [7, 11) is 1.89. The van der Waals surface area contributed by atoms with Crippen molar-refractivity contribution in [1.29, 1.82) is 0 Å². The summed E-state index contributed by atoms with van der Waals surface area (Å²) in [5, 5.41) is 3.05. The first kappa shape index (κ1) is 15.9. The lowest BCUT2D eigenvalue weighted by atomic mass is 10.2. The molecule has 1 rings (SSSR count). The first-order valence-corrected chi connectivity index (χ1v) is 6.88. The van der Waals surface area contributed by atoms with Crippen molar-refractivity contribution in [2.75, 3.05) is 20.2 Å². The summed E-state index contributed by atoms with van der Waals surface area (Å²) in [5.74, 6) is 0.597. The fourth-order valence-electron chi connectivity index (χ4n) is 2.09. The first-order valence-electron chi connectivity index (χ1n) is 6.88. The second-order valence-electron chi connectivity index (χ2n) is 5.15. The van der Waals surface area contributed by atoms with E-state index in [2.05, 4.69) is 47.9 Å². The summed E-state index contributed by atoms with van der Waals surface area (Å²) in [6.07, 6.45) is 3.41. The van der Waals surface area contributed by atoms with E-state index in [1.165, 1.54) is 0 Å². The zero-order valence-corrected chi connectivity index (χ0v) is 12.7. The van der Waals surface area contributed by atoms with E-state index in [4.69, 9.17) is 4.74 Å². The molecule has 1 aromatic heterocycles. The highest BCUT2D eigenvalue weighted by atomic mass is 16.5. The Kier molecular flexibility index (Phi) is 6.73. The monoisotopic (exact) mass is 266 g/mol. The maximum atomic E-state index is 5.68. The highest BCUT2D eigenvalue weighted by Crippen LogP contribution is 2.07. The van der Waals surface area contributed by atoms with Crippen LogP contribution < -0.4 is 10.1 Å². The first-order chi connectivity index (χ1) is 9.04. The molecule has 0 fully saturated rings. The summed E-state index contributed by atoms with van der Waals surface area (Å²) in [5.41, 5.74) is 0.893. The fourth-order valence-corrected chi connectivity index (χ4v) is 2.09. The molecule has 0 saturated heterocycles. The van der Waals surface area contributed by atoms with Gasteiger partial charge in [0.2, 0.25) is 5.88 Å². The number of hydrogen-bond donors (Lipinski definition) is 1. The molecule has 0 amide bonds. The van der Waals surface area contributed by atoms with Gasteiger partial charge < -0.3 is 10.1 Å². The van der Waals surface area contributed by atoms with Crippen molar-refractivity contribution >= 4 is 0 Å². The van der Waals surface area contributed by atoms with Crippen molar-refractivity contribution in [1.82, 2.24) is 20.2 Å². The quantitative estimate of drug-likeness (QED) is 0.776. The molecule has 0 spiro atoms. The van der Waals surface area contributed by atoms with E-state index in [0.29, 0.717) is 31.1 Å². The molecular formula is C14H26N4O. The molecule has 0 aliphatic rings. The molecule has 5 heteroatoms. The van der Waals surface area contributed by atoms with Crippen LogP contribution in [0.1, 0.15) is 33.4 Å². The van der Waals surface area contributed by atoms with Crippen molar-refractivity contribution in [2.24, 2.45) is 0 Å². The minimum atomic E-state index is 0.519. The van der Waals surface area contributed by atoms with Crippen LogP contribution >= 0.6 is 0 Å². The van der Waals surface area contributed by atoms with E-state index < -0.39 is 0 Å². The van der Waals surface area contributed by atoms with Crippen LogP contribution in [0.5, 0.6) is 5.88 Å². The van der Waals surface area contributed by atoms with Crippen LogP contribution in [0.2, 0.25) is 0 Å². The van der Waals surface area contributed by atoms with Crippen LogP contribution in [0.4, 0.5) is 0 Å². The minimum absolute atomic E-state index is 0.519. The summed E-state index contributed by atoms with van der Waals surface area (Å²) in [6, 6.07) is 1.04. The number of ether oxygens (including phenoxy) is 1. The van der Waals surface area contributed by atoms with E-state index >= 15 is 0 Å². The number of hydrogen-bond acceptors (Lipinski definition) is 5. The molecular weight excluding hydrogens is 240 g/mol. The van der Waals surface area contributed by atoms with Crippen LogP contribution in [-0.2, 0) is 6.54 Å². The molecule has 0 unspecified atom stereocenters. The van der Waals surface area contributed by atoms with Crippen molar-refractivity contribution in [3.63, 3.8) is 0 Å². The lowest BCUT2D eigenvalue weighted by Crippen LogP contribution is -2.39. The van der Waals surface area contributed by atoms with E-state index in [-0.39, 0.29) is 0 Å². The van der Waals surface area contributed by atoms with Crippen LogP contribution in [0, 0.1) is 0 Å². The SMILES string of the molecule is CNCc1cncc(OCCN(C(C)C)C(C)C)n1. The summed E-state index contributed by atoms with van der Waals surface area (Å²) in [4.78, 5) is 10.9. The van der Waals surface area contributed by atoms with Crippen LogP contribution in [0.3, 0.4) is 0 Å². The summed E-state index contributed by atoms with van der Waals surface area (Å²) >= 11 is 0. The van der Waals surface area contributed by atoms with E-state index in [1.54, 1.807) is 12.4 Å². The van der Waals surface area contributed by atoms with E-state index in [9.17, 15) is 0 Å². The molecule has 0 saturated carbocycles. The Morgan fingerprint density at radius 3 is 2.47 bits per heavy atom. The van der Waals surface area contributed by atoms with E-state index in [0.717, 1.165) is 12.2 Å². The third kappa shape index (κ3) is 5.53. The van der Waals surface area contributed by atoms with Gasteiger partial charge >= 0.3 is 0 Å². The Labute approximate surface area is 116 Å². The number of rotatable bonds is 8. The largest absolute Gasteiger partial charge is 0.475 e. The fraction of sp³-hybridized carbons (Fsp3) is 0.714. The average Bonchev–Trinajstić information content (AvgIpc) is 2.34. The number of nitrogens with zero attached hydrogens (tertiary/aromatic N) is 3. The van der Waals surface area contributed by atoms with Crippen LogP contribution in [0.15, 0.2) is 12.4 Å². The Bertz CT molecular complexity index is 360. The molecule has 1 N–H and O–H groups in total. The molecule has 1 aromatic rings. The van der Waals surface area contributed by atoms with Gasteiger partial charge in [-0.25, -0.2) is 4.98 Å². The predicted octanol–water partition coefficient (Wildman–Crippen LogP) is 1.69. The van der Waals surface area contributed by atoms with Gasteiger partial charge in [0.1, 0.15) is 6.61 Å². The molecule has 0 bridgehead atoms. The molecule has 0 radical (unpaired) electrons. The van der Waals surface area contributed by atoms with Gasteiger partial charge in [-0.3, -0.25) is 9.88 Å². The van der Waals surface area contributed by atoms with Gasteiger partial charge in [0, 0.05) is 31.4 Å². The van der Waals surface area contributed by atoms with Gasteiger partial charge in [-0.15, -0.1) is 0 Å². The number of nitrogens with one attached hydrogen (secondary N) is 1. The van der Waals surface area contributed by atoms with E-state index in [1.807, 2.05) is 7.05 Å². The summed E-state index contributed by atoms with van der Waals surface area (Å²) < 4.78 is 5.68. The van der Waals surface area contributed by atoms with Gasteiger partial charge in [-0.05, 0) is 34.7 Å². The normalized spacial score (nSPS) is 11.6. The van der Waals surface area contributed by atoms with Gasteiger partial charge in [0.05, 0.1) is 11.9 Å². The van der Waals surface area contributed by atoms with Crippen molar-refractivity contribution in [3.8, 4) is 5.88 Å². The Balaban J connectivity index is 2.45. The van der Waals surface area contributed by atoms with Gasteiger partial charge in [-0.2, -0.15) is 0 Å². The zero-order valence-electron chi connectivity index (χ0n) is 12.7. The standard InChI is InChI=1S/C14H26N4O/c1-11(2)18(12(3)4)6-7-19-14-10-16-9-13(17-14)8-15-5/h9-12,15H,6-8H2,1-5H3. The maximum Gasteiger partial charge on any atom is 0.232 e. The topological polar surface area (TPSA) is 50.3 Å². The molecule has 0 atom stereocenters. The van der Waals surface area contributed by atoms with Crippen LogP contribution in [-0.4, -0.2) is 47.2 Å².